The van der Waals surface area contributed by atoms with Gasteiger partial charge in [-0.1, -0.05) is 0 Å². The Kier molecular flexibility index (Phi) is 5.47. The summed E-state index contributed by atoms with van der Waals surface area (Å²) in [6.45, 7) is 3.29. The number of aryl methyl sites for hydroxylation is 2. The molecule has 7 nitrogen and oxygen atoms in total. The lowest BCUT2D eigenvalue weighted by Crippen LogP contribution is -2.27. The van der Waals surface area contributed by atoms with E-state index in [-0.39, 0.29) is 40.7 Å². The number of benzene rings is 1. The van der Waals surface area contributed by atoms with Crippen LogP contribution in [0.2, 0.25) is 0 Å². The Morgan fingerprint density at radius 1 is 1.12 bits per heavy atom. The number of ether oxygens (including phenoxy) is 1. The minimum atomic E-state index is -0.992. The van der Waals surface area contributed by atoms with E-state index in [9.17, 15) is 18.0 Å². The van der Waals surface area contributed by atoms with Crippen molar-refractivity contribution in [3.05, 3.63) is 81.5 Å². The summed E-state index contributed by atoms with van der Waals surface area (Å²) in [6, 6.07) is 3.09. The molecular formula is C24H22F3N5O2. The van der Waals surface area contributed by atoms with Crippen LogP contribution >= 0.6 is 0 Å². The van der Waals surface area contributed by atoms with Crippen molar-refractivity contribution in [3.63, 3.8) is 0 Å². The highest BCUT2D eigenvalue weighted by molar-refractivity contribution is 5.74. The number of hydrogen-bond donors (Lipinski definition) is 0. The van der Waals surface area contributed by atoms with E-state index in [4.69, 9.17) is 4.74 Å². The van der Waals surface area contributed by atoms with E-state index in [2.05, 4.69) is 15.1 Å². The van der Waals surface area contributed by atoms with E-state index >= 15 is 0 Å². The maximum atomic E-state index is 14.8. The van der Waals surface area contributed by atoms with Crippen molar-refractivity contribution >= 4 is 5.65 Å². The molecular weight excluding hydrogens is 447 g/mol. The predicted molar refractivity (Wildman–Crippen MR) is 118 cm³/mol. The van der Waals surface area contributed by atoms with Gasteiger partial charge in [0.2, 0.25) is 5.82 Å². The highest BCUT2D eigenvalue weighted by atomic mass is 19.1. The Morgan fingerprint density at radius 2 is 1.91 bits per heavy atom. The number of hydrogen-bond acceptors (Lipinski definition) is 5. The molecule has 0 aliphatic carbocycles. The molecule has 4 heterocycles. The Morgan fingerprint density at radius 3 is 2.62 bits per heavy atom. The first-order valence-corrected chi connectivity index (χ1v) is 10.9. The van der Waals surface area contributed by atoms with Crippen LogP contribution in [0.4, 0.5) is 13.2 Å². The smallest absolute Gasteiger partial charge is 0.294 e. The second kappa shape index (κ2) is 8.35. The summed E-state index contributed by atoms with van der Waals surface area (Å²) in [6.07, 6.45) is 5.82. The average Bonchev–Trinajstić information content (AvgIpc) is 3.23. The molecule has 0 amide bonds. The van der Waals surface area contributed by atoms with Gasteiger partial charge in [0.1, 0.15) is 17.3 Å². The van der Waals surface area contributed by atoms with E-state index in [0.29, 0.717) is 18.5 Å². The number of nitrogens with zero attached hydrogens (tertiary/aromatic N) is 5. The van der Waals surface area contributed by atoms with Crippen LogP contribution in [0.1, 0.15) is 48.7 Å². The Bertz CT molecular complexity index is 1470. The standard InChI is InChI=1S/C24H22F3N5O2/c1-12-6-14(7-20(34-12)15-9-28-31(3)10-15)19-11-32-23(29-13(2)21(27)24(32)33)22(30-19)17-5-4-16(25)8-18(17)26/h4-5,8-12,14,20H,6-7H2,1-3H3/t12-,14-,20-/m0/s1. The SMILES string of the molecule is Cc1nc2c(-c3ccc(F)cc3F)nc([C@@H]3C[C@@H](c4cnn(C)c4)O[C@@H](C)C3)cn2c(=O)c1F. The average molecular weight is 469 g/mol. The first-order chi connectivity index (χ1) is 16.2. The normalized spacial score (nSPS) is 20.7. The Balaban J connectivity index is 1.69. The predicted octanol–water partition coefficient (Wildman–Crippen LogP) is 4.24. The summed E-state index contributed by atoms with van der Waals surface area (Å²) < 4.78 is 51.7. The molecule has 0 saturated carbocycles. The van der Waals surface area contributed by atoms with Crippen LogP contribution in [0.15, 0.2) is 41.6 Å². The van der Waals surface area contributed by atoms with Crippen molar-refractivity contribution in [3.8, 4) is 11.3 Å². The van der Waals surface area contributed by atoms with Crippen LogP contribution in [0.25, 0.3) is 16.9 Å². The van der Waals surface area contributed by atoms with Gasteiger partial charge in [0.25, 0.3) is 5.56 Å². The molecule has 3 aromatic heterocycles. The molecule has 1 aliphatic rings. The summed E-state index contributed by atoms with van der Waals surface area (Å²) >= 11 is 0. The lowest BCUT2D eigenvalue weighted by Gasteiger charge is -2.33. The van der Waals surface area contributed by atoms with Crippen molar-refractivity contribution in [2.45, 2.75) is 44.8 Å². The molecule has 5 rings (SSSR count). The molecule has 0 bridgehead atoms. The quantitative estimate of drug-likeness (QED) is 0.449. The van der Waals surface area contributed by atoms with Crippen LogP contribution in [0, 0.1) is 24.4 Å². The van der Waals surface area contributed by atoms with Gasteiger partial charge in [0.05, 0.1) is 29.8 Å². The molecule has 34 heavy (non-hydrogen) atoms. The lowest BCUT2D eigenvalue weighted by atomic mass is 9.87. The number of rotatable bonds is 3. The first-order valence-electron chi connectivity index (χ1n) is 10.9. The maximum absolute atomic E-state index is 14.8. The van der Waals surface area contributed by atoms with E-state index < -0.39 is 23.0 Å². The third-order valence-corrected chi connectivity index (χ3v) is 6.15. The molecule has 0 N–H and O–H groups in total. The van der Waals surface area contributed by atoms with E-state index in [1.54, 1.807) is 10.9 Å². The fourth-order valence-corrected chi connectivity index (χ4v) is 4.51. The molecule has 0 unspecified atom stereocenters. The van der Waals surface area contributed by atoms with Crippen LogP contribution in [-0.2, 0) is 11.8 Å². The fraction of sp³-hybridized carbons (Fsp3) is 0.333. The largest absolute Gasteiger partial charge is 0.370 e. The fourth-order valence-electron chi connectivity index (χ4n) is 4.51. The molecule has 3 atom stereocenters. The number of fused-ring (bicyclic) bond motifs is 1. The Labute approximate surface area is 192 Å². The van der Waals surface area contributed by atoms with Crippen LogP contribution in [-0.4, -0.2) is 30.3 Å². The molecule has 1 fully saturated rings. The summed E-state index contributed by atoms with van der Waals surface area (Å²) in [7, 11) is 1.82. The summed E-state index contributed by atoms with van der Waals surface area (Å²) in [5, 5.41) is 4.21. The van der Waals surface area contributed by atoms with E-state index in [1.807, 2.05) is 20.2 Å². The number of halogens is 3. The van der Waals surface area contributed by atoms with Crippen LogP contribution in [0.3, 0.4) is 0 Å². The van der Waals surface area contributed by atoms with Gasteiger partial charge >= 0.3 is 0 Å². The van der Waals surface area contributed by atoms with Crippen LogP contribution < -0.4 is 5.56 Å². The zero-order chi connectivity index (χ0) is 24.1. The van der Waals surface area contributed by atoms with Crippen molar-refractivity contribution < 1.29 is 17.9 Å². The molecule has 176 valence electrons. The highest BCUT2D eigenvalue weighted by Crippen LogP contribution is 2.40. The second-order valence-electron chi connectivity index (χ2n) is 8.70. The summed E-state index contributed by atoms with van der Waals surface area (Å²) in [5.74, 6) is -2.76. The van der Waals surface area contributed by atoms with Gasteiger partial charge < -0.3 is 4.74 Å². The molecule has 1 aromatic carbocycles. The molecule has 10 heteroatoms. The minimum Gasteiger partial charge on any atom is -0.370 e. The molecule has 0 radical (unpaired) electrons. The van der Waals surface area contributed by atoms with Crippen molar-refractivity contribution in [2.75, 3.05) is 0 Å². The van der Waals surface area contributed by atoms with Crippen LogP contribution in [0.5, 0.6) is 0 Å². The van der Waals surface area contributed by atoms with E-state index in [0.717, 1.165) is 22.1 Å². The van der Waals surface area contributed by atoms with E-state index in [1.165, 1.54) is 19.2 Å². The van der Waals surface area contributed by atoms with Crippen molar-refractivity contribution in [2.24, 2.45) is 7.05 Å². The first kappa shape index (κ1) is 22.3. The van der Waals surface area contributed by atoms with Gasteiger partial charge in [-0.2, -0.15) is 9.49 Å². The molecule has 1 saturated heterocycles. The van der Waals surface area contributed by atoms with Gasteiger partial charge in [-0.25, -0.2) is 18.7 Å². The minimum absolute atomic E-state index is 0.00192. The third kappa shape index (κ3) is 3.87. The number of aromatic nitrogens is 5. The van der Waals surface area contributed by atoms with Gasteiger partial charge in [-0.15, -0.1) is 0 Å². The van der Waals surface area contributed by atoms with Gasteiger partial charge in [-0.05, 0) is 38.8 Å². The monoisotopic (exact) mass is 469 g/mol. The highest BCUT2D eigenvalue weighted by Gasteiger charge is 2.32. The van der Waals surface area contributed by atoms with Crippen molar-refractivity contribution in [1.29, 1.82) is 0 Å². The summed E-state index contributed by atoms with van der Waals surface area (Å²) in [4.78, 5) is 21.6. The molecule has 1 aliphatic heterocycles. The van der Waals surface area contributed by atoms with Gasteiger partial charge in [0.15, 0.2) is 5.65 Å². The Hall–Kier alpha value is -3.53. The topological polar surface area (TPSA) is 74.3 Å². The second-order valence-corrected chi connectivity index (χ2v) is 8.70. The molecule has 0 spiro atoms. The zero-order valence-corrected chi connectivity index (χ0v) is 18.8. The zero-order valence-electron chi connectivity index (χ0n) is 18.8. The maximum Gasteiger partial charge on any atom is 0.294 e. The molecule has 4 aromatic rings. The van der Waals surface area contributed by atoms with Gasteiger partial charge in [-0.3, -0.25) is 13.9 Å². The van der Waals surface area contributed by atoms with Gasteiger partial charge in [0, 0.05) is 42.6 Å². The van der Waals surface area contributed by atoms with Crippen molar-refractivity contribution in [1.82, 2.24) is 24.1 Å². The summed E-state index contributed by atoms with van der Waals surface area (Å²) in [5.41, 5.74) is 0.378. The third-order valence-electron chi connectivity index (χ3n) is 6.15. The lowest BCUT2D eigenvalue weighted by molar-refractivity contribution is -0.0506.